The van der Waals surface area contributed by atoms with Crippen LogP contribution in [0.1, 0.15) is 37.0 Å². The predicted molar refractivity (Wildman–Crippen MR) is 106 cm³/mol. The number of hydrogen-bond donors (Lipinski definition) is 0. The minimum Gasteiger partial charge on any atom is -0.469 e. The second-order valence-corrected chi connectivity index (χ2v) is 7.79. The lowest BCUT2D eigenvalue weighted by Gasteiger charge is -2.34. The van der Waals surface area contributed by atoms with Crippen molar-refractivity contribution in [2.45, 2.75) is 26.7 Å². The van der Waals surface area contributed by atoms with E-state index in [2.05, 4.69) is 15.9 Å². The number of hydrogen-bond acceptors (Lipinski definition) is 4. The van der Waals surface area contributed by atoms with Crippen LogP contribution in [0.2, 0.25) is 0 Å². The Labute approximate surface area is 169 Å². The number of carbonyl (C=O) groups excluding carboxylic acids is 3. The van der Waals surface area contributed by atoms with Gasteiger partial charge in [0, 0.05) is 42.1 Å². The molecule has 1 aromatic carbocycles. The minimum atomic E-state index is -0.349. The standard InChI is InChI=1S/C20H27BrN2O4/c1-4-22(13-14(2)20(26)27-3)18(24)16-9-11-23(12-10-16)19(25)15-5-7-17(21)8-6-15/h5-8,14,16H,4,9-13H2,1-3H3. The average molecular weight is 439 g/mol. The number of nitrogens with zero attached hydrogens (tertiary/aromatic N) is 2. The molecule has 1 atom stereocenters. The highest BCUT2D eigenvalue weighted by atomic mass is 79.9. The summed E-state index contributed by atoms with van der Waals surface area (Å²) in [5, 5.41) is 0. The highest BCUT2D eigenvalue weighted by Gasteiger charge is 2.31. The molecule has 1 aliphatic rings. The number of halogens is 1. The Morgan fingerprint density at radius 1 is 1.22 bits per heavy atom. The lowest BCUT2D eigenvalue weighted by atomic mass is 9.94. The molecular formula is C20H27BrN2O4. The van der Waals surface area contributed by atoms with E-state index >= 15 is 0 Å². The summed E-state index contributed by atoms with van der Waals surface area (Å²) in [6.45, 7) is 5.72. The second-order valence-electron chi connectivity index (χ2n) is 6.87. The van der Waals surface area contributed by atoms with Gasteiger partial charge in [-0.3, -0.25) is 14.4 Å². The van der Waals surface area contributed by atoms with Gasteiger partial charge in [0.2, 0.25) is 5.91 Å². The van der Waals surface area contributed by atoms with Crippen molar-refractivity contribution in [1.29, 1.82) is 0 Å². The second kappa shape index (κ2) is 9.88. The third kappa shape index (κ3) is 5.54. The van der Waals surface area contributed by atoms with Gasteiger partial charge in [0.15, 0.2) is 0 Å². The van der Waals surface area contributed by atoms with Crippen molar-refractivity contribution in [3.63, 3.8) is 0 Å². The van der Waals surface area contributed by atoms with Crippen molar-refractivity contribution in [2.24, 2.45) is 11.8 Å². The summed E-state index contributed by atoms with van der Waals surface area (Å²) >= 11 is 3.37. The first-order valence-electron chi connectivity index (χ1n) is 9.28. The fourth-order valence-electron chi connectivity index (χ4n) is 3.34. The van der Waals surface area contributed by atoms with Gasteiger partial charge in [-0.15, -0.1) is 0 Å². The fourth-order valence-corrected chi connectivity index (χ4v) is 3.61. The quantitative estimate of drug-likeness (QED) is 0.640. The number of methoxy groups -OCH3 is 1. The first-order chi connectivity index (χ1) is 12.9. The van der Waals surface area contributed by atoms with E-state index in [-0.39, 0.29) is 29.6 Å². The zero-order valence-corrected chi connectivity index (χ0v) is 17.7. The average Bonchev–Trinajstić information content (AvgIpc) is 2.70. The molecular weight excluding hydrogens is 412 g/mol. The summed E-state index contributed by atoms with van der Waals surface area (Å²) in [5.74, 6) is -0.707. The van der Waals surface area contributed by atoms with Gasteiger partial charge in [0.05, 0.1) is 13.0 Å². The summed E-state index contributed by atoms with van der Waals surface area (Å²) in [5.41, 5.74) is 0.657. The Morgan fingerprint density at radius 3 is 2.33 bits per heavy atom. The van der Waals surface area contributed by atoms with E-state index in [1.807, 2.05) is 19.1 Å². The Balaban J connectivity index is 1.91. The molecule has 1 fully saturated rings. The molecule has 0 spiro atoms. The van der Waals surface area contributed by atoms with E-state index in [4.69, 9.17) is 4.74 Å². The van der Waals surface area contributed by atoms with Crippen molar-refractivity contribution < 1.29 is 19.1 Å². The third-order valence-corrected chi connectivity index (χ3v) is 5.54. The molecule has 0 radical (unpaired) electrons. The normalized spacial score (nSPS) is 15.9. The van der Waals surface area contributed by atoms with Crippen LogP contribution in [-0.2, 0) is 14.3 Å². The van der Waals surface area contributed by atoms with E-state index < -0.39 is 0 Å². The molecule has 0 saturated carbocycles. The van der Waals surface area contributed by atoms with Crippen molar-refractivity contribution in [1.82, 2.24) is 9.80 Å². The topological polar surface area (TPSA) is 66.9 Å². The number of amides is 2. The van der Waals surface area contributed by atoms with Gasteiger partial charge in [-0.1, -0.05) is 22.9 Å². The van der Waals surface area contributed by atoms with Crippen LogP contribution in [0.15, 0.2) is 28.7 Å². The molecule has 27 heavy (non-hydrogen) atoms. The molecule has 1 aromatic rings. The molecule has 0 bridgehead atoms. The smallest absolute Gasteiger partial charge is 0.310 e. The zero-order chi connectivity index (χ0) is 20.0. The minimum absolute atomic E-state index is 0.0000556. The van der Waals surface area contributed by atoms with Crippen LogP contribution < -0.4 is 0 Å². The van der Waals surface area contributed by atoms with Gasteiger partial charge in [-0.2, -0.15) is 0 Å². The maximum atomic E-state index is 12.8. The molecule has 2 rings (SSSR count). The summed E-state index contributed by atoms with van der Waals surface area (Å²) in [6.07, 6.45) is 1.29. The number of likely N-dealkylation sites (tertiary alicyclic amines) is 1. The van der Waals surface area contributed by atoms with Crippen molar-refractivity contribution in [3.05, 3.63) is 34.3 Å². The van der Waals surface area contributed by atoms with Gasteiger partial charge in [0.25, 0.3) is 5.91 Å². The van der Waals surface area contributed by atoms with Crippen LogP contribution in [-0.4, -0.2) is 60.9 Å². The van der Waals surface area contributed by atoms with Crippen LogP contribution >= 0.6 is 15.9 Å². The highest BCUT2D eigenvalue weighted by molar-refractivity contribution is 9.10. The predicted octanol–water partition coefficient (Wildman–Crippen LogP) is 2.96. The van der Waals surface area contributed by atoms with E-state index in [1.165, 1.54) is 7.11 Å². The van der Waals surface area contributed by atoms with Crippen LogP contribution in [0.4, 0.5) is 0 Å². The Kier molecular flexibility index (Phi) is 7.83. The molecule has 0 aliphatic carbocycles. The third-order valence-electron chi connectivity index (χ3n) is 5.01. The van der Waals surface area contributed by atoms with Gasteiger partial charge >= 0.3 is 5.97 Å². The first-order valence-corrected chi connectivity index (χ1v) is 10.1. The molecule has 6 nitrogen and oxygen atoms in total. The maximum absolute atomic E-state index is 12.8. The van der Waals surface area contributed by atoms with Gasteiger partial charge in [-0.05, 0) is 44.0 Å². The number of rotatable bonds is 6. The molecule has 1 aliphatic heterocycles. The molecule has 1 heterocycles. The van der Waals surface area contributed by atoms with Gasteiger partial charge in [-0.25, -0.2) is 0 Å². The van der Waals surface area contributed by atoms with E-state index in [1.54, 1.807) is 28.9 Å². The molecule has 1 saturated heterocycles. The van der Waals surface area contributed by atoms with Crippen molar-refractivity contribution >= 4 is 33.7 Å². The Bertz CT molecular complexity index is 669. The molecule has 2 amide bonds. The van der Waals surface area contributed by atoms with Crippen molar-refractivity contribution in [3.8, 4) is 0 Å². The highest BCUT2D eigenvalue weighted by Crippen LogP contribution is 2.22. The lowest BCUT2D eigenvalue weighted by Crippen LogP contribution is -2.46. The molecule has 0 N–H and O–H groups in total. The summed E-state index contributed by atoms with van der Waals surface area (Å²) < 4.78 is 5.68. The Morgan fingerprint density at radius 2 is 1.81 bits per heavy atom. The summed E-state index contributed by atoms with van der Waals surface area (Å²) in [4.78, 5) is 40.6. The molecule has 7 heteroatoms. The number of benzene rings is 1. The van der Waals surface area contributed by atoms with Gasteiger partial charge < -0.3 is 14.5 Å². The largest absolute Gasteiger partial charge is 0.469 e. The van der Waals surface area contributed by atoms with Crippen LogP contribution in [0, 0.1) is 11.8 Å². The summed E-state index contributed by atoms with van der Waals surface area (Å²) in [6, 6.07) is 7.31. The molecule has 0 aromatic heterocycles. The number of ether oxygens (including phenoxy) is 1. The van der Waals surface area contributed by atoms with Crippen LogP contribution in [0.25, 0.3) is 0 Å². The molecule has 148 valence electrons. The van der Waals surface area contributed by atoms with E-state index in [0.29, 0.717) is 44.6 Å². The van der Waals surface area contributed by atoms with Crippen LogP contribution in [0.5, 0.6) is 0 Å². The number of piperidine rings is 1. The number of esters is 1. The lowest BCUT2D eigenvalue weighted by molar-refractivity contribution is -0.147. The monoisotopic (exact) mass is 438 g/mol. The number of carbonyl (C=O) groups is 3. The van der Waals surface area contributed by atoms with E-state index in [9.17, 15) is 14.4 Å². The van der Waals surface area contributed by atoms with Crippen LogP contribution in [0.3, 0.4) is 0 Å². The SMILES string of the molecule is CCN(CC(C)C(=O)OC)C(=O)C1CCN(C(=O)c2ccc(Br)cc2)CC1. The van der Waals surface area contributed by atoms with E-state index in [0.717, 1.165) is 4.47 Å². The maximum Gasteiger partial charge on any atom is 0.310 e. The van der Waals surface area contributed by atoms with Crippen molar-refractivity contribution in [2.75, 3.05) is 33.3 Å². The Hall–Kier alpha value is -1.89. The first kappa shape index (κ1) is 21.4. The van der Waals surface area contributed by atoms with Gasteiger partial charge in [0.1, 0.15) is 0 Å². The zero-order valence-electron chi connectivity index (χ0n) is 16.1. The molecule has 1 unspecified atom stereocenters. The summed E-state index contributed by atoms with van der Waals surface area (Å²) in [7, 11) is 1.36. The fraction of sp³-hybridized carbons (Fsp3) is 0.550.